The molecule has 3 atom stereocenters. The second-order valence-corrected chi connectivity index (χ2v) is 11.9. The van der Waals surface area contributed by atoms with Crippen LogP contribution in [-0.4, -0.2) is 57.8 Å². The van der Waals surface area contributed by atoms with E-state index in [4.69, 9.17) is 11.6 Å². The van der Waals surface area contributed by atoms with E-state index in [-0.39, 0.29) is 24.5 Å². The molecule has 0 saturated carbocycles. The predicted octanol–water partition coefficient (Wildman–Crippen LogP) is 5.83. The Bertz CT molecular complexity index is 1500. The Labute approximate surface area is 243 Å². The monoisotopic (exact) mass is 575 g/mol. The molecular formula is C32H34ClN3O3S. The third kappa shape index (κ3) is 6.56. The van der Waals surface area contributed by atoms with Crippen LogP contribution in [0.3, 0.4) is 0 Å². The molecule has 208 valence electrons. The number of aliphatic hydroxyl groups excluding tert-OH is 1. The highest BCUT2D eigenvalue weighted by molar-refractivity contribution is 7.86. The summed E-state index contributed by atoms with van der Waals surface area (Å²) in [7, 11) is 0.278. The van der Waals surface area contributed by atoms with Gasteiger partial charge in [-0.1, -0.05) is 84.4 Å². The first kappa shape index (κ1) is 28.3. The van der Waals surface area contributed by atoms with Gasteiger partial charge >= 0.3 is 0 Å². The van der Waals surface area contributed by atoms with E-state index >= 15 is 0 Å². The van der Waals surface area contributed by atoms with Gasteiger partial charge in [-0.3, -0.25) is 9.69 Å². The minimum Gasteiger partial charge on any atom is -0.392 e. The minimum atomic E-state index is -1.56. The lowest BCUT2D eigenvalue weighted by molar-refractivity contribution is -0.132. The van der Waals surface area contributed by atoms with Gasteiger partial charge in [-0.05, 0) is 48.7 Å². The van der Waals surface area contributed by atoms with Crippen LogP contribution < -0.4 is 4.72 Å². The normalized spacial score (nSPS) is 17.3. The van der Waals surface area contributed by atoms with Crippen molar-refractivity contribution in [2.24, 2.45) is 0 Å². The zero-order valence-electron chi connectivity index (χ0n) is 22.5. The van der Waals surface area contributed by atoms with Gasteiger partial charge in [0.1, 0.15) is 0 Å². The average Bonchev–Trinajstić information content (AvgIpc) is 2.97. The van der Waals surface area contributed by atoms with Crippen molar-refractivity contribution in [2.75, 3.05) is 31.4 Å². The SMILES string of the molecule is CN(C(=O)Cc1ccccc1NS(=O)c1cccc2c(Cl)cccc12)[C@H](CN1CCCC(O)C1)c1ccccc1. The van der Waals surface area contributed by atoms with E-state index < -0.39 is 11.0 Å². The molecule has 2 unspecified atom stereocenters. The maximum atomic E-state index is 13.7. The molecule has 1 heterocycles. The highest BCUT2D eigenvalue weighted by Crippen LogP contribution is 2.29. The molecule has 4 aromatic carbocycles. The van der Waals surface area contributed by atoms with Gasteiger partial charge in [0.05, 0.1) is 29.1 Å². The largest absolute Gasteiger partial charge is 0.392 e. The van der Waals surface area contributed by atoms with Crippen molar-refractivity contribution in [3.8, 4) is 0 Å². The van der Waals surface area contributed by atoms with Crippen molar-refractivity contribution in [1.82, 2.24) is 9.80 Å². The van der Waals surface area contributed by atoms with E-state index in [1.165, 1.54) is 0 Å². The predicted molar refractivity (Wildman–Crippen MR) is 163 cm³/mol. The first-order valence-corrected chi connectivity index (χ1v) is 15.1. The number of benzene rings is 4. The van der Waals surface area contributed by atoms with Crippen LogP contribution in [0.25, 0.3) is 10.8 Å². The number of hydrogen-bond donors (Lipinski definition) is 2. The van der Waals surface area contributed by atoms with Crippen molar-refractivity contribution >= 4 is 45.0 Å². The summed E-state index contributed by atoms with van der Waals surface area (Å²) in [5.74, 6) is -0.0385. The number of carbonyl (C=O) groups excluding carboxylic acids is 1. The number of halogens is 1. The number of carbonyl (C=O) groups is 1. The van der Waals surface area contributed by atoms with Crippen molar-refractivity contribution in [2.45, 2.75) is 36.3 Å². The fourth-order valence-corrected chi connectivity index (χ4v) is 6.69. The minimum absolute atomic E-state index is 0.0385. The number of nitrogens with one attached hydrogen (secondary N) is 1. The maximum absolute atomic E-state index is 13.7. The third-order valence-electron chi connectivity index (χ3n) is 7.55. The Morgan fingerprint density at radius 3 is 2.55 bits per heavy atom. The molecule has 0 aromatic heterocycles. The number of rotatable bonds is 9. The third-order valence-corrected chi connectivity index (χ3v) is 9.04. The summed E-state index contributed by atoms with van der Waals surface area (Å²) >= 11 is 6.37. The molecule has 2 N–H and O–H groups in total. The molecule has 1 aliphatic heterocycles. The lowest BCUT2D eigenvalue weighted by Crippen LogP contribution is -2.45. The highest BCUT2D eigenvalue weighted by atomic mass is 35.5. The summed E-state index contributed by atoms with van der Waals surface area (Å²) in [6.07, 6.45) is 1.59. The van der Waals surface area contributed by atoms with Gasteiger partial charge in [-0.25, -0.2) is 4.21 Å². The number of para-hydroxylation sites is 1. The van der Waals surface area contributed by atoms with Crippen LogP contribution in [-0.2, 0) is 22.2 Å². The number of aliphatic hydroxyl groups is 1. The van der Waals surface area contributed by atoms with Crippen molar-refractivity contribution in [3.63, 3.8) is 0 Å². The quantitative estimate of drug-likeness (QED) is 0.263. The Kier molecular flexibility index (Phi) is 9.17. The Morgan fingerprint density at radius 1 is 1.02 bits per heavy atom. The summed E-state index contributed by atoms with van der Waals surface area (Å²) in [5, 5.41) is 12.5. The molecule has 0 spiro atoms. The number of hydrogen-bond acceptors (Lipinski definition) is 4. The fourth-order valence-electron chi connectivity index (χ4n) is 5.36. The van der Waals surface area contributed by atoms with Gasteiger partial charge in [0.2, 0.25) is 5.91 Å². The molecule has 8 heteroatoms. The number of likely N-dealkylation sites (N-methyl/N-ethyl adjacent to an activating group) is 1. The van der Waals surface area contributed by atoms with Crippen LogP contribution in [0.2, 0.25) is 5.02 Å². The Morgan fingerprint density at radius 2 is 1.75 bits per heavy atom. The van der Waals surface area contributed by atoms with Gasteiger partial charge in [0.25, 0.3) is 0 Å². The number of anilines is 1. The van der Waals surface area contributed by atoms with Gasteiger partial charge in [-0.15, -0.1) is 0 Å². The van der Waals surface area contributed by atoms with Gasteiger partial charge < -0.3 is 14.7 Å². The van der Waals surface area contributed by atoms with Gasteiger partial charge in [0.15, 0.2) is 11.0 Å². The van der Waals surface area contributed by atoms with Crippen LogP contribution in [0.15, 0.2) is 95.9 Å². The van der Waals surface area contributed by atoms with Crippen molar-refractivity contribution < 1.29 is 14.1 Å². The van der Waals surface area contributed by atoms with E-state index in [1.807, 2.05) is 98.0 Å². The molecule has 5 rings (SSSR count). The molecule has 6 nitrogen and oxygen atoms in total. The second kappa shape index (κ2) is 13.0. The lowest BCUT2D eigenvalue weighted by atomic mass is 10.0. The van der Waals surface area contributed by atoms with E-state index in [2.05, 4.69) is 9.62 Å². The van der Waals surface area contributed by atoms with Gasteiger partial charge in [-0.2, -0.15) is 0 Å². The van der Waals surface area contributed by atoms with E-state index in [0.29, 0.717) is 28.7 Å². The number of amides is 1. The number of likely N-dealkylation sites (tertiary alicyclic amines) is 1. The van der Waals surface area contributed by atoms with E-state index in [0.717, 1.165) is 41.3 Å². The van der Waals surface area contributed by atoms with Crippen LogP contribution in [0, 0.1) is 0 Å². The zero-order chi connectivity index (χ0) is 28.1. The van der Waals surface area contributed by atoms with Crippen LogP contribution in [0.4, 0.5) is 5.69 Å². The molecule has 1 fully saturated rings. The molecule has 1 saturated heterocycles. The molecule has 40 heavy (non-hydrogen) atoms. The van der Waals surface area contributed by atoms with E-state index in [1.54, 1.807) is 4.90 Å². The number of fused-ring (bicyclic) bond motifs is 1. The highest BCUT2D eigenvalue weighted by Gasteiger charge is 2.27. The maximum Gasteiger partial charge on any atom is 0.227 e. The summed E-state index contributed by atoms with van der Waals surface area (Å²) in [6.45, 7) is 2.17. The fraction of sp³-hybridized carbons (Fsp3) is 0.281. The molecule has 0 bridgehead atoms. The zero-order valence-corrected chi connectivity index (χ0v) is 24.1. The second-order valence-electron chi connectivity index (χ2n) is 10.3. The summed E-state index contributed by atoms with van der Waals surface area (Å²) in [5.41, 5.74) is 2.48. The van der Waals surface area contributed by atoms with Crippen molar-refractivity contribution in [1.29, 1.82) is 0 Å². The number of nitrogens with zero attached hydrogens (tertiary/aromatic N) is 2. The van der Waals surface area contributed by atoms with E-state index in [9.17, 15) is 14.1 Å². The van der Waals surface area contributed by atoms with Crippen LogP contribution in [0.1, 0.15) is 30.0 Å². The first-order chi connectivity index (χ1) is 19.4. The Hall–Kier alpha value is -3.23. The molecule has 0 radical (unpaired) electrons. The van der Waals surface area contributed by atoms with Crippen LogP contribution in [0.5, 0.6) is 0 Å². The average molecular weight is 576 g/mol. The number of β-amino-alcohol motifs (C(OH)–C–C–N with tert-alkyl or cyclic N) is 1. The smallest absolute Gasteiger partial charge is 0.227 e. The Balaban J connectivity index is 1.35. The summed E-state index contributed by atoms with van der Waals surface area (Å²) in [4.78, 5) is 18.4. The van der Waals surface area contributed by atoms with Crippen LogP contribution >= 0.6 is 11.6 Å². The van der Waals surface area contributed by atoms with Crippen molar-refractivity contribution in [3.05, 3.63) is 107 Å². The molecular weight excluding hydrogens is 542 g/mol. The molecule has 1 amide bonds. The number of piperidine rings is 1. The molecule has 4 aromatic rings. The molecule has 0 aliphatic carbocycles. The molecule has 1 aliphatic rings. The lowest BCUT2D eigenvalue weighted by Gasteiger charge is -2.37. The van der Waals surface area contributed by atoms with Gasteiger partial charge in [0, 0.05) is 35.9 Å². The summed E-state index contributed by atoms with van der Waals surface area (Å²) < 4.78 is 16.6. The standard InChI is InChI=1S/C32H34ClN3O3S/c1-35(30(23-10-3-2-4-11-23)22-36-19-9-13-25(37)21-36)32(38)20-24-12-5-6-17-29(24)34-40(39)31-18-8-14-26-27(31)15-7-16-28(26)33/h2-8,10-12,14-18,25,30,34,37H,9,13,19-22H2,1H3/t25?,30-,40?/m1/s1. The summed E-state index contributed by atoms with van der Waals surface area (Å²) in [6, 6.07) is 28.5. The first-order valence-electron chi connectivity index (χ1n) is 13.6. The topological polar surface area (TPSA) is 72.9 Å².